The maximum absolute atomic E-state index is 11.5. The van der Waals surface area contributed by atoms with Crippen LogP contribution in [0, 0.1) is 6.92 Å². The zero-order valence-corrected chi connectivity index (χ0v) is 12.8. The van der Waals surface area contributed by atoms with E-state index >= 15 is 0 Å². The third-order valence-corrected chi connectivity index (χ3v) is 3.09. The van der Waals surface area contributed by atoms with Gasteiger partial charge in [0, 0.05) is 32.0 Å². The van der Waals surface area contributed by atoms with E-state index in [1.165, 1.54) is 0 Å². The fourth-order valence-corrected chi connectivity index (χ4v) is 1.98. The number of aromatic nitrogens is 3. The molecule has 0 aliphatic rings. The van der Waals surface area contributed by atoms with Gasteiger partial charge in [-0.15, -0.1) is 0 Å². The van der Waals surface area contributed by atoms with E-state index in [9.17, 15) is 4.79 Å². The molecule has 0 aliphatic heterocycles. The van der Waals surface area contributed by atoms with Crippen molar-refractivity contribution in [2.45, 2.75) is 33.4 Å². The number of hydrogen-bond donors (Lipinski definition) is 2. The van der Waals surface area contributed by atoms with Crippen molar-refractivity contribution in [3.05, 3.63) is 41.3 Å². The van der Waals surface area contributed by atoms with Crippen LogP contribution in [0.2, 0.25) is 0 Å². The van der Waals surface area contributed by atoms with Gasteiger partial charge < -0.3 is 10.6 Å². The largest absolute Gasteiger partial charge is 0.354 e. The van der Waals surface area contributed by atoms with Crippen LogP contribution in [0.15, 0.2) is 24.5 Å². The van der Waals surface area contributed by atoms with Crippen molar-refractivity contribution in [3.63, 3.8) is 0 Å². The Morgan fingerprint density at radius 3 is 2.81 bits per heavy atom. The van der Waals surface area contributed by atoms with Crippen molar-refractivity contribution >= 4 is 5.91 Å². The van der Waals surface area contributed by atoms with Gasteiger partial charge in [-0.1, -0.05) is 13.8 Å². The lowest BCUT2D eigenvalue weighted by Crippen LogP contribution is -2.22. The summed E-state index contributed by atoms with van der Waals surface area (Å²) in [5.74, 6) is 0.530. The lowest BCUT2D eigenvalue weighted by Gasteiger charge is -2.10. The molecule has 21 heavy (non-hydrogen) atoms. The minimum Gasteiger partial charge on any atom is -0.354 e. The Hall–Kier alpha value is -2.21. The second-order valence-electron chi connectivity index (χ2n) is 5.24. The van der Waals surface area contributed by atoms with E-state index in [1.807, 2.05) is 13.1 Å². The van der Waals surface area contributed by atoms with Crippen molar-refractivity contribution in [2.24, 2.45) is 0 Å². The third kappa shape index (κ3) is 3.66. The van der Waals surface area contributed by atoms with E-state index in [-0.39, 0.29) is 5.91 Å². The highest BCUT2D eigenvalue weighted by Crippen LogP contribution is 2.12. The van der Waals surface area contributed by atoms with Crippen LogP contribution in [-0.4, -0.2) is 33.8 Å². The molecule has 0 bridgehead atoms. The molecule has 0 radical (unpaired) electrons. The molecule has 0 atom stereocenters. The lowest BCUT2D eigenvalue weighted by molar-refractivity contribution is 0.0957. The lowest BCUT2D eigenvalue weighted by atomic mass is 10.2. The van der Waals surface area contributed by atoms with E-state index < -0.39 is 0 Å². The summed E-state index contributed by atoms with van der Waals surface area (Å²) in [4.78, 5) is 16.0. The molecule has 2 N–H and O–H groups in total. The van der Waals surface area contributed by atoms with Crippen LogP contribution in [0.5, 0.6) is 0 Å². The molecule has 2 rings (SSSR count). The molecule has 0 unspecified atom stereocenters. The Bertz CT molecular complexity index is 633. The van der Waals surface area contributed by atoms with Gasteiger partial charge in [-0.25, -0.2) is 9.67 Å². The number of nitrogens with zero attached hydrogens (tertiary/aromatic N) is 3. The number of carbonyl (C=O) groups excluding carboxylic acids is 1. The van der Waals surface area contributed by atoms with Crippen LogP contribution in [0.1, 0.15) is 35.5 Å². The molecule has 1 amide bonds. The Kier molecular flexibility index (Phi) is 4.70. The Morgan fingerprint density at radius 1 is 1.43 bits per heavy atom. The number of amides is 1. The van der Waals surface area contributed by atoms with Gasteiger partial charge in [0.05, 0.1) is 0 Å². The zero-order chi connectivity index (χ0) is 15.4. The SMILES string of the molecule is CNC(=O)c1ccn(-c2ncc(CNC(C)C)cc2C)n1. The average molecular weight is 287 g/mol. The summed E-state index contributed by atoms with van der Waals surface area (Å²) in [6, 6.07) is 4.19. The molecular formula is C15H21N5O. The van der Waals surface area contributed by atoms with Crippen LogP contribution in [0.4, 0.5) is 0 Å². The van der Waals surface area contributed by atoms with Crippen molar-refractivity contribution < 1.29 is 4.79 Å². The molecule has 0 saturated heterocycles. The molecule has 0 saturated carbocycles. The van der Waals surface area contributed by atoms with Crippen LogP contribution in [-0.2, 0) is 6.54 Å². The Morgan fingerprint density at radius 2 is 2.19 bits per heavy atom. The number of pyridine rings is 1. The number of hydrogen-bond acceptors (Lipinski definition) is 4. The molecule has 6 heteroatoms. The van der Waals surface area contributed by atoms with Crippen molar-refractivity contribution in [2.75, 3.05) is 7.05 Å². The number of carbonyl (C=O) groups is 1. The minimum absolute atomic E-state index is 0.204. The molecule has 2 heterocycles. The van der Waals surface area contributed by atoms with Crippen molar-refractivity contribution in [3.8, 4) is 5.82 Å². The van der Waals surface area contributed by atoms with Gasteiger partial charge in [-0.05, 0) is 30.2 Å². The van der Waals surface area contributed by atoms with Gasteiger partial charge in [0.15, 0.2) is 11.5 Å². The highest BCUT2D eigenvalue weighted by molar-refractivity contribution is 5.91. The van der Waals surface area contributed by atoms with E-state index in [4.69, 9.17) is 0 Å². The molecule has 2 aromatic rings. The van der Waals surface area contributed by atoms with Gasteiger partial charge in [-0.2, -0.15) is 5.10 Å². The summed E-state index contributed by atoms with van der Waals surface area (Å²) in [7, 11) is 1.58. The van der Waals surface area contributed by atoms with E-state index in [2.05, 4.69) is 40.6 Å². The minimum atomic E-state index is -0.204. The number of rotatable bonds is 5. The van der Waals surface area contributed by atoms with Gasteiger partial charge in [-0.3, -0.25) is 4.79 Å². The fourth-order valence-electron chi connectivity index (χ4n) is 1.98. The monoisotopic (exact) mass is 287 g/mol. The van der Waals surface area contributed by atoms with Gasteiger partial charge in [0.1, 0.15) is 0 Å². The maximum atomic E-state index is 11.5. The van der Waals surface area contributed by atoms with E-state index in [1.54, 1.807) is 24.0 Å². The molecule has 6 nitrogen and oxygen atoms in total. The topological polar surface area (TPSA) is 71.8 Å². The van der Waals surface area contributed by atoms with Gasteiger partial charge >= 0.3 is 0 Å². The first-order valence-electron chi connectivity index (χ1n) is 6.98. The smallest absolute Gasteiger partial charge is 0.271 e. The summed E-state index contributed by atoms with van der Waals surface area (Å²) in [6.07, 6.45) is 3.57. The van der Waals surface area contributed by atoms with Crippen LogP contribution >= 0.6 is 0 Å². The maximum Gasteiger partial charge on any atom is 0.271 e. The van der Waals surface area contributed by atoms with Gasteiger partial charge in [0.2, 0.25) is 0 Å². The van der Waals surface area contributed by atoms with E-state index in [0.29, 0.717) is 11.7 Å². The average Bonchev–Trinajstić information content (AvgIpc) is 2.94. The number of nitrogens with one attached hydrogen (secondary N) is 2. The summed E-state index contributed by atoms with van der Waals surface area (Å²) in [6.45, 7) is 6.99. The highest BCUT2D eigenvalue weighted by Gasteiger charge is 2.10. The molecular weight excluding hydrogens is 266 g/mol. The summed E-state index contributed by atoms with van der Waals surface area (Å²) in [5, 5.41) is 10.2. The Labute approximate surface area is 124 Å². The third-order valence-electron chi connectivity index (χ3n) is 3.09. The van der Waals surface area contributed by atoms with Crippen LogP contribution < -0.4 is 10.6 Å². The van der Waals surface area contributed by atoms with Crippen molar-refractivity contribution in [1.82, 2.24) is 25.4 Å². The molecule has 0 spiro atoms. The quantitative estimate of drug-likeness (QED) is 0.872. The summed E-state index contributed by atoms with van der Waals surface area (Å²) >= 11 is 0. The van der Waals surface area contributed by atoms with E-state index in [0.717, 1.165) is 23.5 Å². The first kappa shape index (κ1) is 15.2. The summed E-state index contributed by atoms with van der Waals surface area (Å²) < 4.78 is 1.62. The van der Waals surface area contributed by atoms with Crippen LogP contribution in [0.3, 0.4) is 0 Å². The van der Waals surface area contributed by atoms with Gasteiger partial charge in [0.25, 0.3) is 5.91 Å². The predicted octanol–water partition coefficient (Wildman–Crippen LogP) is 1.43. The normalized spacial score (nSPS) is 10.9. The zero-order valence-electron chi connectivity index (χ0n) is 12.8. The molecule has 0 fully saturated rings. The molecule has 0 aromatic carbocycles. The predicted molar refractivity (Wildman–Crippen MR) is 81.5 cm³/mol. The second kappa shape index (κ2) is 6.49. The Balaban J connectivity index is 2.20. The fraction of sp³-hybridized carbons (Fsp3) is 0.400. The van der Waals surface area contributed by atoms with Crippen LogP contribution in [0.25, 0.3) is 5.82 Å². The molecule has 2 aromatic heterocycles. The second-order valence-corrected chi connectivity index (χ2v) is 5.24. The van der Waals surface area contributed by atoms with Crippen molar-refractivity contribution in [1.29, 1.82) is 0 Å². The highest BCUT2D eigenvalue weighted by atomic mass is 16.1. The standard InChI is InChI=1S/C15H21N5O/c1-10(2)17-8-12-7-11(3)14(18-9-12)20-6-5-13(19-20)15(21)16-4/h5-7,9-10,17H,8H2,1-4H3,(H,16,21). The molecule has 112 valence electrons. The number of aryl methyl sites for hydroxylation is 1. The molecule has 0 aliphatic carbocycles. The summed E-state index contributed by atoms with van der Waals surface area (Å²) in [5.41, 5.74) is 2.53. The first-order chi connectivity index (χ1) is 10.0. The first-order valence-corrected chi connectivity index (χ1v) is 6.98.